The largest absolute Gasteiger partial charge is 0.424 e. The molecule has 0 spiro atoms. The van der Waals surface area contributed by atoms with E-state index in [9.17, 15) is 4.79 Å². The van der Waals surface area contributed by atoms with Gasteiger partial charge < -0.3 is 9.64 Å². The number of carbonyl (C=O) groups is 1. The summed E-state index contributed by atoms with van der Waals surface area (Å²) in [5.74, 6) is 0.538. The van der Waals surface area contributed by atoms with Crippen LogP contribution in [-0.2, 0) is 11.8 Å². The van der Waals surface area contributed by atoms with E-state index in [1.807, 2.05) is 12.1 Å². The minimum absolute atomic E-state index is 0.366. The van der Waals surface area contributed by atoms with E-state index >= 15 is 0 Å². The zero-order chi connectivity index (χ0) is 22.1. The van der Waals surface area contributed by atoms with Crippen LogP contribution in [-0.4, -0.2) is 36.9 Å². The van der Waals surface area contributed by atoms with Gasteiger partial charge in [-0.2, -0.15) is 0 Å². The van der Waals surface area contributed by atoms with Crippen LogP contribution in [0.15, 0.2) is 36.4 Å². The average Bonchev–Trinajstić information content (AvgIpc) is 2.72. The molecule has 0 aliphatic carbocycles. The molecular formula is C21H26Cl2N3O2PS. The predicted octanol–water partition coefficient (Wildman–Crippen LogP) is 6.14. The highest BCUT2D eigenvalue weighted by Crippen LogP contribution is 2.59. The first kappa shape index (κ1) is 23.4. The van der Waals surface area contributed by atoms with E-state index in [1.165, 1.54) is 0 Å². The molecule has 0 saturated carbocycles. The quantitative estimate of drug-likeness (QED) is 0.440. The first-order valence-electron chi connectivity index (χ1n) is 10.0. The Morgan fingerprint density at radius 3 is 2.20 bits per heavy atom. The third kappa shape index (κ3) is 3.96. The fourth-order valence-corrected chi connectivity index (χ4v) is 8.56. The maximum Gasteiger partial charge on any atom is 0.424 e. The molecule has 0 N–H and O–H groups in total. The number of anilines is 2. The monoisotopic (exact) mass is 485 g/mol. The number of hydrogen-bond acceptors (Lipinski definition) is 4. The topological polar surface area (TPSA) is 36.0 Å². The zero-order valence-electron chi connectivity index (χ0n) is 17.6. The van der Waals surface area contributed by atoms with Crippen LogP contribution in [0.1, 0.15) is 27.7 Å². The summed E-state index contributed by atoms with van der Waals surface area (Å²) in [4.78, 5) is 15.5. The molecule has 1 aliphatic heterocycles. The zero-order valence-corrected chi connectivity index (χ0v) is 20.8. The highest BCUT2D eigenvalue weighted by Gasteiger charge is 2.44. The molecular weight excluding hydrogens is 460 g/mol. The fraction of sp³-hybridized carbons (Fsp3) is 0.381. The van der Waals surface area contributed by atoms with Crippen molar-refractivity contribution in [3.63, 3.8) is 0 Å². The van der Waals surface area contributed by atoms with Crippen LogP contribution < -0.4 is 19.6 Å². The van der Waals surface area contributed by atoms with Crippen molar-refractivity contribution in [2.75, 3.05) is 35.7 Å². The number of nitrogens with zero attached hydrogens (tertiary/aromatic N) is 3. The van der Waals surface area contributed by atoms with Gasteiger partial charge in [0.2, 0.25) is 0 Å². The summed E-state index contributed by atoms with van der Waals surface area (Å²) in [6.45, 7) is 11.4. The lowest BCUT2D eigenvalue weighted by atomic mass is 10.2. The molecule has 2 aromatic rings. The van der Waals surface area contributed by atoms with Gasteiger partial charge in [-0.05, 0) is 44.2 Å². The van der Waals surface area contributed by atoms with Crippen molar-refractivity contribution >= 4 is 64.1 Å². The fourth-order valence-electron chi connectivity index (χ4n) is 3.73. The van der Waals surface area contributed by atoms with Crippen molar-refractivity contribution in [1.29, 1.82) is 0 Å². The minimum Gasteiger partial charge on any atom is -0.409 e. The highest BCUT2D eigenvalue weighted by molar-refractivity contribution is 8.18. The van der Waals surface area contributed by atoms with Crippen molar-refractivity contribution in [2.45, 2.75) is 27.7 Å². The normalized spacial score (nSPS) is 18.4. The van der Waals surface area contributed by atoms with Crippen molar-refractivity contribution in [2.24, 2.45) is 0 Å². The summed E-state index contributed by atoms with van der Waals surface area (Å²) in [7, 11) is 0. The molecule has 9 heteroatoms. The summed E-state index contributed by atoms with van der Waals surface area (Å²) < 4.78 is 9.56. The van der Waals surface area contributed by atoms with Crippen LogP contribution in [0.25, 0.3) is 0 Å². The Kier molecular flexibility index (Phi) is 7.36. The first-order valence-corrected chi connectivity index (χ1v) is 13.5. The van der Waals surface area contributed by atoms with Gasteiger partial charge in [0.15, 0.2) is 0 Å². The Bertz CT molecular complexity index is 996. The molecule has 3 rings (SSSR count). The number of amides is 1. The lowest BCUT2D eigenvalue weighted by Gasteiger charge is -2.44. The highest BCUT2D eigenvalue weighted by atomic mass is 35.5. The van der Waals surface area contributed by atoms with E-state index in [-0.39, 0.29) is 0 Å². The molecule has 1 unspecified atom stereocenters. The Morgan fingerprint density at radius 2 is 1.63 bits per heavy atom. The maximum absolute atomic E-state index is 13.3. The van der Waals surface area contributed by atoms with Gasteiger partial charge in [-0.15, -0.1) is 0 Å². The van der Waals surface area contributed by atoms with E-state index in [0.29, 0.717) is 34.6 Å². The number of halogens is 2. The van der Waals surface area contributed by atoms with Gasteiger partial charge in [-0.1, -0.05) is 48.9 Å². The lowest BCUT2D eigenvalue weighted by Crippen LogP contribution is -2.46. The van der Waals surface area contributed by atoms with Crippen LogP contribution in [0.2, 0.25) is 10.0 Å². The molecule has 30 heavy (non-hydrogen) atoms. The molecule has 2 aromatic carbocycles. The van der Waals surface area contributed by atoms with E-state index in [1.54, 1.807) is 22.9 Å². The second-order valence-corrected chi connectivity index (χ2v) is 11.7. The molecule has 1 heterocycles. The molecule has 0 aromatic heterocycles. The van der Waals surface area contributed by atoms with E-state index < -0.39 is 12.4 Å². The Balaban J connectivity index is 2.22. The van der Waals surface area contributed by atoms with Crippen LogP contribution in [0, 0.1) is 0 Å². The van der Waals surface area contributed by atoms with Crippen molar-refractivity contribution in [1.82, 2.24) is 4.67 Å². The number of benzene rings is 2. The van der Waals surface area contributed by atoms with Crippen molar-refractivity contribution < 1.29 is 9.53 Å². The summed E-state index contributed by atoms with van der Waals surface area (Å²) in [5.41, 5.74) is 1.60. The Hall–Kier alpha value is -1.30. The molecule has 0 radical (unpaired) electrons. The number of hydrogen-bond donors (Lipinski definition) is 0. The molecule has 0 saturated heterocycles. The smallest absolute Gasteiger partial charge is 0.409 e. The van der Waals surface area contributed by atoms with Crippen LogP contribution in [0.3, 0.4) is 0 Å². The summed E-state index contributed by atoms with van der Waals surface area (Å²) in [6, 6.07) is 11.1. The van der Waals surface area contributed by atoms with Crippen LogP contribution in [0.5, 0.6) is 5.75 Å². The number of ether oxygens (including phenoxy) is 1. The third-order valence-electron chi connectivity index (χ3n) is 5.29. The van der Waals surface area contributed by atoms with Gasteiger partial charge in [-0.3, -0.25) is 4.67 Å². The van der Waals surface area contributed by atoms with Crippen molar-refractivity contribution in [3.05, 3.63) is 46.4 Å². The maximum atomic E-state index is 13.3. The molecule has 0 bridgehead atoms. The standard InChI is InChI=1S/C21H26Cl2N3O2PS/c1-5-24(6-2)15-10-12-20-19(14-15)28-21(27)26(29(20,30)25(7-3)8-4)16-9-11-17(22)18(23)13-16/h9-14H,5-8H2,1-4H3. The molecule has 1 aliphatic rings. The molecule has 5 nitrogen and oxygen atoms in total. The molecule has 1 amide bonds. The van der Waals surface area contributed by atoms with E-state index in [4.69, 9.17) is 39.7 Å². The third-order valence-corrected chi connectivity index (χ3v) is 11.1. The second-order valence-electron chi connectivity index (χ2n) is 6.79. The first-order chi connectivity index (χ1) is 14.3. The van der Waals surface area contributed by atoms with Gasteiger partial charge in [-0.25, -0.2) is 9.46 Å². The SMILES string of the molecule is CCN(CC)c1ccc2c(c1)OC(=O)N(c1ccc(Cl)c(Cl)c1)P2(=S)N(CC)CC. The number of fused-ring (bicyclic) bond motifs is 1. The lowest BCUT2D eigenvalue weighted by molar-refractivity contribution is 0.211. The number of rotatable bonds is 7. The van der Waals surface area contributed by atoms with Crippen LogP contribution >= 0.6 is 29.5 Å². The second kappa shape index (κ2) is 9.46. The van der Waals surface area contributed by atoms with Gasteiger partial charge in [0.05, 0.1) is 21.0 Å². The van der Waals surface area contributed by atoms with Gasteiger partial charge >= 0.3 is 6.09 Å². The summed E-state index contributed by atoms with van der Waals surface area (Å²) in [5, 5.41) is 1.65. The molecule has 0 fully saturated rings. The van der Waals surface area contributed by atoms with E-state index in [2.05, 4.69) is 43.3 Å². The molecule has 162 valence electrons. The Labute approximate surface area is 193 Å². The van der Waals surface area contributed by atoms with E-state index in [0.717, 1.165) is 24.1 Å². The predicted molar refractivity (Wildman–Crippen MR) is 132 cm³/mol. The Morgan fingerprint density at radius 1 is 0.967 bits per heavy atom. The van der Waals surface area contributed by atoms with Gasteiger partial charge in [0, 0.05) is 37.9 Å². The summed E-state index contributed by atoms with van der Waals surface area (Å²) >= 11 is 18.7. The summed E-state index contributed by atoms with van der Waals surface area (Å²) in [6.07, 6.45) is -3.19. The van der Waals surface area contributed by atoms with Gasteiger partial charge in [0.1, 0.15) is 12.1 Å². The molecule has 1 atom stereocenters. The van der Waals surface area contributed by atoms with Gasteiger partial charge in [0.25, 0.3) is 0 Å². The average molecular weight is 486 g/mol. The minimum atomic E-state index is -2.70. The van der Waals surface area contributed by atoms with Crippen molar-refractivity contribution in [3.8, 4) is 5.75 Å². The number of carbonyl (C=O) groups excluding carboxylic acids is 1. The van der Waals surface area contributed by atoms with Crippen LogP contribution in [0.4, 0.5) is 16.2 Å².